The minimum Gasteiger partial charge on any atom is -0.478 e. The number of sulfone groups is 2. The number of carbonyl (C=O) groups excluding carboxylic acids is 1. The van der Waals surface area contributed by atoms with Gasteiger partial charge in [-0.1, -0.05) is 50.7 Å². The van der Waals surface area contributed by atoms with E-state index in [2.05, 4.69) is 15.0 Å². The van der Waals surface area contributed by atoms with Crippen LogP contribution in [0.5, 0.6) is 0 Å². The molecule has 20 heteroatoms. The first-order chi connectivity index (χ1) is 28.4. The van der Waals surface area contributed by atoms with Crippen molar-refractivity contribution < 1.29 is 46.3 Å². The van der Waals surface area contributed by atoms with E-state index in [0.29, 0.717) is 50.1 Å². The first-order valence-electron chi connectivity index (χ1n) is 18.5. The molecule has 2 aromatic heterocycles. The minimum absolute atomic E-state index is 0. The Balaban J connectivity index is 0.000000343. The summed E-state index contributed by atoms with van der Waals surface area (Å²) in [5.74, 6) is -0.237. The molecule has 16 nitrogen and oxygen atoms in total. The fourth-order valence-corrected chi connectivity index (χ4v) is 6.87. The molecule has 0 spiro atoms. The van der Waals surface area contributed by atoms with Crippen molar-refractivity contribution in [2.75, 3.05) is 43.5 Å². The third-order valence-electron chi connectivity index (χ3n) is 9.30. The first kappa shape index (κ1) is 53.4. The van der Waals surface area contributed by atoms with Crippen molar-refractivity contribution in [2.45, 2.75) is 64.4 Å². The Morgan fingerprint density at radius 3 is 1.52 bits per heavy atom. The van der Waals surface area contributed by atoms with Gasteiger partial charge in [0.05, 0.1) is 50.1 Å². The van der Waals surface area contributed by atoms with Crippen LogP contribution in [-0.2, 0) is 24.4 Å². The molecular weight excluding hydrogens is 871 g/mol. The van der Waals surface area contributed by atoms with E-state index in [-0.39, 0.29) is 47.8 Å². The molecule has 0 radical (unpaired) electrons. The van der Waals surface area contributed by atoms with E-state index >= 15 is 0 Å². The lowest BCUT2D eigenvalue weighted by atomic mass is 9.81. The summed E-state index contributed by atoms with van der Waals surface area (Å²) in [7, 11) is -2.93. The summed E-state index contributed by atoms with van der Waals surface area (Å²) >= 11 is 6.16. The number of rotatable bonds is 10. The summed E-state index contributed by atoms with van der Waals surface area (Å²) < 4.78 is 50.1. The number of halogens is 1. The van der Waals surface area contributed by atoms with Crippen LogP contribution in [0.3, 0.4) is 0 Å². The van der Waals surface area contributed by atoms with Crippen LogP contribution in [0.4, 0.5) is 11.6 Å². The molecule has 0 aliphatic carbocycles. The van der Waals surface area contributed by atoms with E-state index in [1.54, 1.807) is 48.5 Å². The number of ether oxygens (including phenoxy) is 1. The second kappa shape index (κ2) is 22.1. The zero-order valence-corrected chi connectivity index (χ0v) is 37.3. The van der Waals surface area contributed by atoms with Gasteiger partial charge in [0.15, 0.2) is 36.5 Å². The lowest BCUT2D eigenvalue weighted by Gasteiger charge is -2.25. The summed E-state index contributed by atoms with van der Waals surface area (Å²) in [4.78, 5) is 45.3. The first-order valence-corrected chi connectivity index (χ1v) is 22.6. The van der Waals surface area contributed by atoms with Gasteiger partial charge in [0.2, 0.25) is 0 Å². The van der Waals surface area contributed by atoms with Gasteiger partial charge in [-0.3, -0.25) is 0 Å². The highest BCUT2D eigenvalue weighted by atomic mass is 35.5. The van der Waals surface area contributed by atoms with E-state index in [1.807, 2.05) is 51.6 Å². The molecule has 2 heterocycles. The van der Waals surface area contributed by atoms with Crippen molar-refractivity contribution in [2.24, 2.45) is 0 Å². The van der Waals surface area contributed by atoms with Crippen LogP contribution in [0.15, 0.2) is 94.7 Å². The van der Waals surface area contributed by atoms with Crippen LogP contribution in [0, 0.1) is 0 Å². The third-order valence-corrected chi connectivity index (χ3v) is 11.8. The van der Waals surface area contributed by atoms with Gasteiger partial charge in [-0.2, -0.15) is 0 Å². The van der Waals surface area contributed by atoms with Gasteiger partial charge in [-0.25, -0.2) is 46.4 Å². The van der Waals surface area contributed by atoms with Gasteiger partial charge in [0.1, 0.15) is 5.69 Å². The smallest absolute Gasteiger partial charge is 0.478 e. The van der Waals surface area contributed by atoms with Crippen molar-refractivity contribution in [3.8, 4) is 11.3 Å². The van der Waals surface area contributed by atoms with Crippen molar-refractivity contribution in [1.82, 2.24) is 19.9 Å². The van der Waals surface area contributed by atoms with E-state index in [0.717, 1.165) is 18.1 Å². The molecule has 0 aliphatic rings. The second-order valence-corrected chi connectivity index (χ2v) is 18.7. The fourth-order valence-electron chi connectivity index (χ4n) is 5.35. The Labute approximate surface area is 374 Å². The maximum absolute atomic E-state index is 11.7. The van der Waals surface area contributed by atoms with E-state index < -0.39 is 38.7 Å². The van der Waals surface area contributed by atoms with Crippen LogP contribution in [0.2, 0.25) is 5.15 Å². The van der Waals surface area contributed by atoms with Gasteiger partial charge >= 0.3 is 19.1 Å². The number of benzene rings is 4. The molecule has 3 N–H and O–H groups in total. The Bertz CT molecular complexity index is 2780. The van der Waals surface area contributed by atoms with Crippen LogP contribution < -0.4 is 15.3 Å². The summed E-state index contributed by atoms with van der Waals surface area (Å²) in [6.45, 7) is 8.09. The summed E-state index contributed by atoms with van der Waals surface area (Å²) in [6, 6.07) is 21.9. The van der Waals surface area contributed by atoms with Crippen LogP contribution in [0.25, 0.3) is 33.3 Å². The van der Waals surface area contributed by atoms with Crippen LogP contribution in [-0.4, -0.2) is 117 Å². The van der Waals surface area contributed by atoms with Crippen LogP contribution in [0.1, 0.15) is 63.3 Å². The number of esters is 1. The lowest BCUT2D eigenvalue weighted by Crippen LogP contribution is -2.29. The van der Waals surface area contributed by atoms with Crippen molar-refractivity contribution >= 4 is 89.5 Å². The predicted molar refractivity (Wildman–Crippen MR) is 251 cm³/mol. The topological polar surface area (TPSA) is 230 Å². The number of anilines is 2. The number of hydrogen-bond acceptors (Lipinski definition) is 15. The largest absolute Gasteiger partial charge is 0.488 e. The molecule has 6 rings (SSSR count). The van der Waals surface area contributed by atoms with Gasteiger partial charge in [0.25, 0.3) is 0 Å². The summed E-state index contributed by atoms with van der Waals surface area (Å²) in [5, 5.41) is 27.0. The number of aromatic carboxylic acids is 1. The van der Waals surface area contributed by atoms with Gasteiger partial charge < -0.3 is 29.7 Å². The lowest BCUT2D eigenvalue weighted by molar-refractivity contribution is 0.0600. The molecule has 63 heavy (non-hydrogen) atoms. The number of aromatic nitrogens is 4. The highest BCUT2D eigenvalue weighted by Crippen LogP contribution is 2.31. The molecule has 0 unspecified atom stereocenters. The maximum Gasteiger partial charge on any atom is 0.488 e. The molecule has 0 saturated carbocycles. The predicted octanol–water partition coefficient (Wildman–Crippen LogP) is 6.20. The van der Waals surface area contributed by atoms with Crippen molar-refractivity contribution in [3.05, 3.63) is 101 Å². The van der Waals surface area contributed by atoms with Crippen LogP contribution >= 0.6 is 11.6 Å². The van der Waals surface area contributed by atoms with Gasteiger partial charge in [-0.15, -0.1) is 0 Å². The molecule has 4 aromatic carbocycles. The highest BCUT2D eigenvalue weighted by Gasteiger charge is 2.19. The standard InChI is InChI=1S/C20H21N3O4S.C14H16ClN3O2.C7H9BO4S.2CH4/c1-12(2)23(3)19-18(13-5-8-15(9-6-13)28(4,26)27)21-16-10-7-14(20(24)25)11-17(16)22-19;1-8(2)18(3)13-12(15)16-10-6-5-9(14(19)20-4)7-11(10)17-13;1-13(11,12)7-4-2-6(3-5-7)8(9)10;;/h5-12H,1-4H3,(H,24,25);5-8H,1-4H3;2-5,9-10H,1H3;2*1H4. The normalized spacial score (nSPS) is 11.0. The molecule has 0 atom stereocenters. The number of carboxylic acids is 1. The fraction of sp³-hybridized carbons (Fsp3) is 0.302. The SMILES string of the molecule is C.C.CC(C)N(C)c1nc2cc(C(=O)O)ccc2nc1-c1ccc(S(C)(=O)=O)cc1.COC(=O)c1ccc2nc(Cl)c(N(C)C(C)C)nc2c1.CS(=O)(=O)c1ccc(B(O)O)cc1. The molecular formula is C43H54BClN6O10S2. The third kappa shape index (κ3) is 13.6. The van der Waals surface area contributed by atoms with Gasteiger partial charge in [-0.05, 0) is 93.8 Å². The number of fused-ring (bicyclic) bond motifs is 2. The van der Waals surface area contributed by atoms with Crippen molar-refractivity contribution in [1.29, 1.82) is 0 Å². The molecule has 0 amide bonds. The average molecular weight is 925 g/mol. The monoisotopic (exact) mass is 924 g/mol. The quantitative estimate of drug-likeness (QED) is 0.103. The molecule has 0 bridgehead atoms. The number of hydrogen-bond donors (Lipinski definition) is 3. The molecule has 0 aliphatic heterocycles. The Morgan fingerprint density at radius 2 is 1.08 bits per heavy atom. The maximum atomic E-state index is 11.7. The highest BCUT2D eigenvalue weighted by molar-refractivity contribution is 7.91. The number of nitrogens with zero attached hydrogens (tertiary/aromatic N) is 6. The Morgan fingerprint density at radius 1 is 0.651 bits per heavy atom. The summed E-state index contributed by atoms with van der Waals surface area (Å²) in [6.07, 6.45) is 2.26. The van der Waals surface area contributed by atoms with Crippen molar-refractivity contribution in [3.63, 3.8) is 0 Å². The Hall–Kier alpha value is -5.73. The van der Waals surface area contributed by atoms with E-state index in [4.69, 9.17) is 31.4 Å². The summed E-state index contributed by atoms with van der Waals surface area (Å²) in [5.41, 5.74) is 4.49. The van der Waals surface area contributed by atoms with Gasteiger partial charge in [0, 0.05) is 44.3 Å². The number of methoxy groups -OCH3 is 1. The molecule has 338 valence electrons. The Kier molecular flexibility index (Phi) is 18.7. The zero-order valence-electron chi connectivity index (χ0n) is 34.9. The zero-order chi connectivity index (χ0) is 45.6. The number of carbonyl (C=O) groups is 2. The van der Waals surface area contributed by atoms with E-state index in [1.165, 1.54) is 43.5 Å². The second-order valence-electron chi connectivity index (χ2n) is 14.4. The van der Waals surface area contributed by atoms with E-state index in [9.17, 15) is 31.5 Å². The molecule has 6 aromatic rings. The number of carboxylic acid groups (broad SMARTS) is 1. The average Bonchev–Trinajstić information content (AvgIpc) is 3.21. The minimum atomic E-state index is -3.29. The molecule has 0 fully saturated rings. The molecule has 0 saturated heterocycles.